The molecule has 1 aromatic heterocycles. The quantitative estimate of drug-likeness (QED) is 0.467. The number of nitrogens with one attached hydrogen (secondary N) is 2. The molecule has 12 heteroatoms. The van der Waals surface area contributed by atoms with Crippen molar-refractivity contribution < 1.29 is 23.9 Å². The fraction of sp³-hybridized carbons (Fsp3) is 0.0526. The van der Waals surface area contributed by atoms with E-state index in [0.717, 1.165) is 23.2 Å². The lowest BCUT2D eigenvalue weighted by atomic mass is 10.1. The van der Waals surface area contributed by atoms with Crippen LogP contribution in [0.5, 0.6) is 0 Å². The van der Waals surface area contributed by atoms with Crippen LogP contribution in [0.15, 0.2) is 65.1 Å². The van der Waals surface area contributed by atoms with Gasteiger partial charge in [-0.1, -0.05) is 12.1 Å². The maximum absolute atomic E-state index is 13.1. The van der Waals surface area contributed by atoms with E-state index in [-0.39, 0.29) is 22.6 Å². The van der Waals surface area contributed by atoms with Gasteiger partial charge < -0.3 is 9.73 Å². The van der Waals surface area contributed by atoms with Gasteiger partial charge in [-0.15, -0.1) is 0 Å². The molecular formula is C19H13N5O7. The summed E-state index contributed by atoms with van der Waals surface area (Å²) in [4.78, 5) is 46.2. The molecule has 0 spiro atoms. The van der Waals surface area contributed by atoms with E-state index in [2.05, 4.69) is 10.7 Å². The minimum atomic E-state index is -1.07. The summed E-state index contributed by atoms with van der Waals surface area (Å²) < 4.78 is 5.23. The highest BCUT2D eigenvalue weighted by molar-refractivity contribution is 6.03. The van der Waals surface area contributed by atoms with Crippen LogP contribution in [0.25, 0.3) is 0 Å². The van der Waals surface area contributed by atoms with Gasteiger partial charge in [-0.05, 0) is 30.3 Å². The molecule has 0 unspecified atom stereocenters. The Kier molecular flexibility index (Phi) is 4.79. The van der Waals surface area contributed by atoms with Crippen molar-refractivity contribution in [3.05, 3.63) is 97.8 Å². The number of nitro benzene ring substituents is 1. The second-order valence-corrected chi connectivity index (χ2v) is 6.45. The van der Waals surface area contributed by atoms with Crippen molar-refractivity contribution >= 4 is 29.1 Å². The summed E-state index contributed by atoms with van der Waals surface area (Å²) in [5, 5.41) is 25.7. The fourth-order valence-corrected chi connectivity index (χ4v) is 3.06. The van der Waals surface area contributed by atoms with Gasteiger partial charge in [0.25, 0.3) is 17.5 Å². The molecule has 1 aliphatic heterocycles. The van der Waals surface area contributed by atoms with Crippen molar-refractivity contribution in [2.24, 2.45) is 0 Å². The van der Waals surface area contributed by atoms with Crippen molar-refractivity contribution in [2.75, 3.05) is 5.32 Å². The van der Waals surface area contributed by atoms with Gasteiger partial charge in [-0.2, -0.15) is 0 Å². The van der Waals surface area contributed by atoms with Gasteiger partial charge in [0.05, 0.1) is 16.6 Å². The SMILES string of the molecule is O=C(NN1C(=O)c2ccccc2N[C@@H]1c1ccc([N+](=O)[O-])o1)c1ccc([N+](=O)[O-])cc1. The number of carbonyl (C=O) groups excluding carboxylic acids is 2. The summed E-state index contributed by atoms with van der Waals surface area (Å²) in [6.45, 7) is 0. The average molecular weight is 423 g/mol. The monoisotopic (exact) mass is 423 g/mol. The Labute approximate surface area is 173 Å². The molecular weight excluding hydrogens is 410 g/mol. The van der Waals surface area contributed by atoms with Gasteiger partial charge in [0.15, 0.2) is 11.9 Å². The van der Waals surface area contributed by atoms with E-state index in [1.54, 1.807) is 24.3 Å². The molecule has 0 bridgehead atoms. The van der Waals surface area contributed by atoms with Crippen molar-refractivity contribution in [2.45, 2.75) is 6.17 Å². The number of rotatable bonds is 5. The molecule has 3 aromatic rings. The van der Waals surface area contributed by atoms with Crippen molar-refractivity contribution in [1.29, 1.82) is 0 Å². The predicted molar refractivity (Wildman–Crippen MR) is 105 cm³/mol. The number of para-hydroxylation sites is 1. The molecule has 2 N–H and O–H groups in total. The third kappa shape index (κ3) is 3.64. The number of benzene rings is 2. The van der Waals surface area contributed by atoms with E-state index < -0.39 is 33.7 Å². The average Bonchev–Trinajstić information content (AvgIpc) is 3.26. The molecule has 0 saturated heterocycles. The van der Waals surface area contributed by atoms with E-state index >= 15 is 0 Å². The Morgan fingerprint density at radius 3 is 2.35 bits per heavy atom. The second-order valence-electron chi connectivity index (χ2n) is 6.45. The van der Waals surface area contributed by atoms with Crippen LogP contribution >= 0.6 is 0 Å². The number of hydrazine groups is 1. The molecule has 0 saturated carbocycles. The normalized spacial score (nSPS) is 15.0. The second kappa shape index (κ2) is 7.59. The molecule has 2 heterocycles. The number of nitro groups is 2. The first-order chi connectivity index (χ1) is 14.8. The van der Waals surface area contributed by atoms with Crippen LogP contribution in [0.1, 0.15) is 32.6 Å². The Balaban J connectivity index is 1.67. The standard InChI is InChI=1S/C19H13N5O7/c25-18(11-5-7-12(8-6-11)23(27)28)21-22-17(15-9-10-16(31-15)24(29)30)20-14-4-2-1-3-13(14)19(22)26/h1-10,17,20H,(H,21,25)/t17-/m0/s1. The Morgan fingerprint density at radius 2 is 1.71 bits per heavy atom. The topological polar surface area (TPSA) is 161 Å². The molecule has 0 radical (unpaired) electrons. The smallest absolute Gasteiger partial charge is 0.401 e. The minimum absolute atomic E-state index is 0.0264. The highest BCUT2D eigenvalue weighted by Gasteiger charge is 2.37. The molecule has 4 rings (SSSR count). The summed E-state index contributed by atoms with van der Waals surface area (Å²) in [6.07, 6.45) is -1.07. The van der Waals surface area contributed by atoms with Crippen molar-refractivity contribution in [1.82, 2.24) is 10.4 Å². The molecule has 1 aliphatic rings. The Morgan fingerprint density at radius 1 is 1.00 bits per heavy atom. The number of hydrogen-bond acceptors (Lipinski definition) is 8. The van der Waals surface area contributed by atoms with E-state index in [9.17, 15) is 29.8 Å². The van der Waals surface area contributed by atoms with E-state index in [4.69, 9.17) is 4.42 Å². The first-order valence-corrected chi connectivity index (χ1v) is 8.84. The molecule has 0 aliphatic carbocycles. The number of amides is 2. The molecule has 12 nitrogen and oxygen atoms in total. The lowest BCUT2D eigenvalue weighted by Gasteiger charge is -2.36. The highest BCUT2D eigenvalue weighted by Crippen LogP contribution is 2.33. The zero-order chi connectivity index (χ0) is 22.1. The lowest BCUT2D eigenvalue weighted by molar-refractivity contribution is -0.402. The van der Waals surface area contributed by atoms with E-state index in [1.165, 1.54) is 18.2 Å². The fourth-order valence-electron chi connectivity index (χ4n) is 3.06. The molecule has 2 aromatic carbocycles. The van der Waals surface area contributed by atoms with E-state index in [1.807, 2.05) is 0 Å². The Hall–Kier alpha value is -4.74. The number of carbonyl (C=O) groups is 2. The number of hydrogen-bond donors (Lipinski definition) is 2. The maximum atomic E-state index is 13.1. The predicted octanol–water partition coefficient (Wildman–Crippen LogP) is 3.01. The summed E-state index contributed by atoms with van der Waals surface area (Å²) in [6, 6.07) is 13.8. The summed E-state index contributed by atoms with van der Waals surface area (Å²) in [5.74, 6) is -1.78. The molecule has 31 heavy (non-hydrogen) atoms. The first kappa shape index (κ1) is 19.6. The van der Waals surface area contributed by atoms with Crippen LogP contribution in [-0.4, -0.2) is 26.7 Å². The van der Waals surface area contributed by atoms with Crippen LogP contribution in [-0.2, 0) is 0 Å². The van der Waals surface area contributed by atoms with Gasteiger partial charge in [-0.3, -0.25) is 35.2 Å². The summed E-state index contributed by atoms with van der Waals surface area (Å²) in [7, 11) is 0. The zero-order valence-electron chi connectivity index (χ0n) is 15.6. The Bertz CT molecular complexity index is 1200. The van der Waals surface area contributed by atoms with Gasteiger partial charge in [0.1, 0.15) is 4.92 Å². The van der Waals surface area contributed by atoms with Crippen LogP contribution in [0.2, 0.25) is 0 Å². The summed E-state index contributed by atoms with van der Waals surface area (Å²) in [5.41, 5.74) is 3.05. The molecule has 0 fully saturated rings. The first-order valence-electron chi connectivity index (χ1n) is 8.84. The zero-order valence-corrected chi connectivity index (χ0v) is 15.6. The van der Waals surface area contributed by atoms with Crippen LogP contribution in [0.4, 0.5) is 17.3 Å². The third-order valence-corrected chi connectivity index (χ3v) is 4.55. The molecule has 2 amide bonds. The van der Waals surface area contributed by atoms with Gasteiger partial charge in [0.2, 0.25) is 0 Å². The third-order valence-electron chi connectivity index (χ3n) is 4.55. The number of furan rings is 1. The highest BCUT2D eigenvalue weighted by atomic mass is 16.6. The van der Waals surface area contributed by atoms with Crippen LogP contribution in [0.3, 0.4) is 0 Å². The number of non-ortho nitro benzene ring substituents is 1. The minimum Gasteiger partial charge on any atom is -0.401 e. The van der Waals surface area contributed by atoms with Gasteiger partial charge in [-0.25, -0.2) is 5.01 Å². The maximum Gasteiger partial charge on any atom is 0.433 e. The number of nitrogens with zero attached hydrogens (tertiary/aromatic N) is 3. The van der Waals surface area contributed by atoms with Crippen LogP contribution < -0.4 is 10.7 Å². The van der Waals surface area contributed by atoms with Crippen LogP contribution in [0, 0.1) is 20.2 Å². The lowest BCUT2D eigenvalue weighted by Crippen LogP contribution is -2.52. The molecule has 156 valence electrons. The number of fused-ring (bicyclic) bond motifs is 1. The largest absolute Gasteiger partial charge is 0.433 e. The van der Waals surface area contributed by atoms with Crippen molar-refractivity contribution in [3.8, 4) is 0 Å². The van der Waals surface area contributed by atoms with Crippen molar-refractivity contribution in [3.63, 3.8) is 0 Å². The van der Waals surface area contributed by atoms with E-state index in [0.29, 0.717) is 5.69 Å². The van der Waals surface area contributed by atoms with Gasteiger partial charge in [0, 0.05) is 23.4 Å². The summed E-state index contributed by atoms with van der Waals surface area (Å²) >= 11 is 0. The number of anilines is 1. The van der Waals surface area contributed by atoms with Gasteiger partial charge >= 0.3 is 5.88 Å². The molecule has 1 atom stereocenters.